The second kappa shape index (κ2) is 18.8. The van der Waals surface area contributed by atoms with Crippen LogP contribution in [0.5, 0.6) is 0 Å². The van der Waals surface area contributed by atoms with Gasteiger partial charge in [0, 0.05) is 37.5 Å². The highest BCUT2D eigenvalue weighted by molar-refractivity contribution is 7.09. The SMILES string of the molecule is CCC(C)C(NC(=O)C1CCCCN1C)C(=O)N(CCOC)[C@H](C[C@@H](O)c1nc(C(=O)N[C@H]2Cc3ccc(C(F)(F)F)cc3[C@H](C(=O)O)C2)cs1)C(C)C. The molecule has 1 aromatic heterocycles. The Morgan fingerprint density at radius 3 is 2.50 bits per heavy atom. The molecule has 4 rings (SSSR count). The number of aliphatic hydroxyl groups excluding tert-OH is 1. The number of methoxy groups -OCH3 is 1. The van der Waals surface area contributed by atoms with Crippen LogP contribution >= 0.6 is 11.3 Å². The molecule has 3 amide bonds. The van der Waals surface area contributed by atoms with Crippen molar-refractivity contribution in [3.63, 3.8) is 0 Å². The fourth-order valence-electron chi connectivity index (χ4n) is 7.43. The zero-order valence-electron chi connectivity index (χ0n) is 31.8. The summed E-state index contributed by atoms with van der Waals surface area (Å²) in [6.45, 7) is 9.04. The van der Waals surface area contributed by atoms with E-state index in [0.29, 0.717) is 12.0 Å². The summed E-state index contributed by atoms with van der Waals surface area (Å²) in [4.78, 5) is 61.4. The van der Waals surface area contributed by atoms with Crippen LogP contribution in [0.3, 0.4) is 0 Å². The van der Waals surface area contributed by atoms with Crippen molar-refractivity contribution in [3.05, 3.63) is 51.0 Å². The summed E-state index contributed by atoms with van der Waals surface area (Å²) in [5.41, 5.74) is -0.446. The maximum absolute atomic E-state index is 14.4. The highest BCUT2D eigenvalue weighted by Gasteiger charge is 2.39. The van der Waals surface area contributed by atoms with E-state index in [1.807, 2.05) is 39.6 Å². The van der Waals surface area contributed by atoms with Gasteiger partial charge in [-0.05, 0) is 74.4 Å². The number of nitrogens with zero attached hydrogens (tertiary/aromatic N) is 3. The van der Waals surface area contributed by atoms with E-state index in [1.165, 1.54) is 18.6 Å². The maximum atomic E-state index is 14.4. The predicted octanol–water partition coefficient (Wildman–Crippen LogP) is 5.01. The van der Waals surface area contributed by atoms with Crippen LogP contribution in [-0.2, 0) is 31.7 Å². The quantitative estimate of drug-likeness (QED) is 0.184. The standard InChI is InChI=1S/C38H54F3N5O7S/c1-7-22(4)32(44-34(49)29-10-8-9-13-45(29)5)36(50)46(14-15-53-6)30(21(2)3)19-31(47)35-43-28(20-54-35)33(48)42-25-16-23-11-12-24(38(39,40)41)17-26(23)27(18-25)37(51)52/h11-12,17,20-22,25,27,29-32,47H,7-10,13-16,18-19H2,1-6H3,(H,42,48)(H,44,49)(H,51,52)/t22?,25-,27+,29?,30+,31+,32?/m0/s1. The van der Waals surface area contributed by atoms with Gasteiger partial charge in [0.05, 0.1) is 24.1 Å². The van der Waals surface area contributed by atoms with Gasteiger partial charge >= 0.3 is 12.1 Å². The summed E-state index contributed by atoms with van der Waals surface area (Å²) in [6, 6.07) is 0.751. The number of carboxylic acid groups (broad SMARTS) is 1. The number of likely N-dealkylation sites (tertiary alicyclic amines) is 1. The highest BCUT2D eigenvalue weighted by atomic mass is 32.1. The first kappa shape index (κ1) is 43.1. The molecule has 3 unspecified atom stereocenters. The number of carbonyl (C=O) groups excluding carboxylic acids is 3. The number of carbonyl (C=O) groups is 4. The van der Waals surface area contributed by atoms with Crippen LogP contribution in [0.4, 0.5) is 13.2 Å². The number of fused-ring (bicyclic) bond motifs is 1. The molecule has 0 bridgehead atoms. The maximum Gasteiger partial charge on any atom is 0.416 e. The van der Waals surface area contributed by atoms with Crippen LogP contribution in [-0.4, -0.2) is 107 Å². The van der Waals surface area contributed by atoms with Crippen molar-refractivity contribution < 1.29 is 47.3 Å². The monoisotopic (exact) mass is 781 g/mol. The Kier molecular flexibility index (Phi) is 15.0. The minimum atomic E-state index is -4.62. The van der Waals surface area contributed by atoms with Crippen molar-refractivity contribution >= 4 is 35.0 Å². The Morgan fingerprint density at radius 1 is 1.17 bits per heavy atom. The molecule has 1 aliphatic carbocycles. The fraction of sp³-hybridized carbons (Fsp3) is 0.658. The lowest BCUT2D eigenvalue weighted by Crippen LogP contribution is -2.59. The van der Waals surface area contributed by atoms with Gasteiger partial charge in [-0.15, -0.1) is 11.3 Å². The van der Waals surface area contributed by atoms with Crippen molar-refractivity contribution in [2.75, 3.05) is 33.9 Å². The van der Waals surface area contributed by atoms with Crippen LogP contribution in [0.25, 0.3) is 0 Å². The van der Waals surface area contributed by atoms with Crippen LogP contribution in [0.2, 0.25) is 0 Å². The Balaban J connectivity index is 1.49. The lowest BCUT2D eigenvalue weighted by molar-refractivity contribution is -0.143. The second-order valence-electron chi connectivity index (χ2n) is 14.9. The first-order chi connectivity index (χ1) is 25.5. The number of rotatable bonds is 16. The number of ether oxygens (including phenoxy) is 1. The van der Waals surface area contributed by atoms with Gasteiger partial charge in [-0.1, -0.05) is 46.6 Å². The predicted molar refractivity (Wildman–Crippen MR) is 197 cm³/mol. The number of alkyl halides is 3. The third-order valence-corrected chi connectivity index (χ3v) is 11.8. The highest BCUT2D eigenvalue weighted by Crippen LogP contribution is 2.38. The second-order valence-corrected chi connectivity index (χ2v) is 15.8. The summed E-state index contributed by atoms with van der Waals surface area (Å²) in [7, 11) is 3.45. The number of aliphatic carboxylic acids is 1. The summed E-state index contributed by atoms with van der Waals surface area (Å²) >= 11 is 1.06. The molecule has 1 aromatic carbocycles. The van der Waals surface area contributed by atoms with E-state index < -0.39 is 53.8 Å². The number of hydrogen-bond acceptors (Lipinski definition) is 9. The average Bonchev–Trinajstić information content (AvgIpc) is 3.63. The zero-order chi connectivity index (χ0) is 39.9. The number of piperidine rings is 1. The van der Waals surface area contributed by atoms with Gasteiger partial charge < -0.3 is 30.5 Å². The molecule has 2 aliphatic rings. The van der Waals surface area contributed by atoms with E-state index in [4.69, 9.17) is 4.74 Å². The van der Waals surface area contributed by atoms with Crippen LogP contribution in [0, 0.1) is 11.8 Å². The number of halogens is 3. The van der Waals surface area contributed by atoms with E-state index in [9.17, 15) is 42.6 Å². The Morgan fingerprint density at radius 2 is 1.89 bits per heavy atom. The van der Waals surface area contributed by atoms with Gasteiger partial charge in [0.25, 0.3) is 5.91 Å². The van der Waals surface area contributed by atoms with Gasteiger partial charge in [0.1, 0.15) is 22.8 Å². The summed E-state index contributed by atoms with van der Waals surface area (Å²) in [5, 5.41) is 28.9. The van der Waals surface area contributed by atoms with E-state index in [0.717, 1.165) is 49.3 Å². The zero-order valence-corrected chi connectivity index (χ0v) is 32.6. The largest absolute Gasteiger partial charge is 0.481 e. The molecule has 4 N–H and O–H groups in total. The fourth-order valence-corrected chi connectivity index (χ4v) is 8.22. The van der Waals surface area contributed by atoms with Crippen molar-refractivity contribution in [2.45, 2.75) is 115 Å². The smallest absolute Gasteiger partial charge is 0.416 e. The Labute approximate surface area is 318 Å². The van der Waals surface area contributed by atoms with Crippen LogP contribution in [0.15, 0.2) is 23.6 Å². The molecule has 7 atom stereocenters. The molecule has 2 heterocycles. The number of nitrogens with one attached hydrogen (secondary N) is 2. The van der Waals surface area contributed by atoms with E-state index in [2.05, 4.69) is 15.6 Å². The van der Waals surface area contributed by atoms with Gasteiger partial charge in [0.2, 0.25) is 11.8 Å². The van der Waals surface area contributed by atoms with E-state index >= 15 is 0 Å². The lowest BCUT2D eigenvalue weighted by Gasteiger charge is -2.39. The molecule has 1 saturated heterocycles. The lowest BCUT2D eigenvalue weighted by atomic mass is 9.79. The molecule has 12 nitrogen and oxygen atoms in total. The van der Waals surface area contributed by atoms with Gasteiger partial charge in [0.15, 0.2) is 0 Å². The molecule has 0 spiro atoms. The molecule has 1 aliphatic heterocycles. The first-order valence-corrected chi connectivity index (χ1v) is 19.5. The first-order valence-electron chi connectivity index (χ1n) is 18.6. The number of hydrogen-bond donors (Lipinski definition) is 4. The van der Waals surface area contributed by atoms with Crippen LogP contribution in [0.1, 0.15) is 110 Å². The van der Waals surface area contributed by atoms with Gasteiger partial charge in [-0.2, -0.15) is 13.2 Å². The number of thiazole rings is 1. The molecule has 0 radical (unpaired) electrons. The van der Waals surface area contributed by atoms with Crippen molar-refractivity contribution in [1.82, 2.24) is 25.4 Å². The Bertz CT molecular complexity index is 1620. The molecule has 300 valence electrons. The third-order valence-electron chi connectivity index (χ3n) is 10.8. The molecule has 54 heavy (non-hydrogen) atoms. The van der Waals surface area contributed by atoms with Gasteiger partial charge in [-0.3, -0.25) is 24.1 Å². The molecular formula is C38H54F3N5O7S. The molecule has 0 saturated carbocycles. The number of amides is 3. The number of likely N-dealkylation sites (N-methyl/N-ethyl adjacent to an activating group) is 1. The van der Waals surface area contributed by atoms with Crippen molar-refractivity contribution in [2.24, 2.45) is 11.8 Å². The molecule has 1 fully saturated rings. The number of aliphatic hydroxyl groups is 1. The minimum Gasteiger partial charge on any atom is -0.481 e. The summed E-state index contributed by atoms with van der Waals surface area (Å²) < 4.78 is 45.4. The Hall–Kier alpha value is -3.60. The van der Waals surface area contributed by atoms with E-state index in [-0.39, 0.29) is 78.4 Å². The number of carboxylic acids is 1. The minimum absolute atomic E-state index is 0.000202. The molecular weight excluding hydrogens is 728 g/mol. The van der Waals surface area contributed by atoms with Crippen molar-refractivity contribution in [3.8, 4) is 0 Å². The molecule has 16 heteroatoms. The van der Waals surface area contributed by atoms with Crippen LogP contribution < -0.4 is 10.6 Å². The van der Waals surface area contributed by atoms with Gasteiger partial charge in [-0.25, -0.2) is 4.98 Å². The number of aromatic nitrogens is 1. The average molecular weight is 782 g/mol. The normalized spacial score (nSPS) is 21.4. The summed E-state index contributed by atoms with van der Waals surface area (Å²) in [6.07, 6.45) is -2.33. The third kappa shape index (κ3) is 10.6. The topological polar surface area (TPSA) is 161 Å². The number of benzene rings is 1. The summed E-state index contributed by atoms with van der Waals surface area (Å²) in [5.74, 6) is -3.87. The van der Waals surface area contributed by atoms with E-state index in [1.54, 1.807) is 4.90 Å². The molecule has 2 aromatic rings. The van der Waals surface area contributed by atoms with Crippen molar-refractivity contribution in [1.29, 1.82) is 0 Å².